The Balaban J connectivity index is 1.43. The van der Waals surface area contributed by atoms with Gasteiger partial charge in [0.15, 0.2) is 0 Å². The smallest absolute Gasteiger partial charge is 0.287 e. The number of amides is 1. The Labute approximate surface area is 166 Å². The number of aromatic nitrogens is 1. The summed E-state index contributed by atoms with van der Waals surface area (Å²) in [5.74, 6) is 1.93. The lowest BCUT2D eigenvalue weighted by Crippen LogP contribution is -2.49. The van der Waals surface area contributed by atoms with E-state index < -0.39 is 4.92 Å². The van der Waals surface area contributed by atoms with E-state index in [-0.39, 0.29) is 11.6 Å². The van der Waals surface area contributed by atoms with Gasteiger partial charge in [0.25, 0.3) is 5.69 Å². The first-order valence-corrected chi connectivity index (χ1v) is 9.92. The molecule has 0 spiro atoms. The number of nitrogens with zero attached hydrogens (tertiary/aromatic N) is 5. The standard InChI is InChI=1S/C19H19N5O3S/c20-11-15-1-3-16(4-2-15)13-28-14-19(25)23-9-7-22(8-10-23)18-6-5-17(12-21-18)24(26)27/h1-6,12H,7-10,13-14H2. The first-order valence-electron chi connectivity index (χ1n) is 8.77. The van der Waals surface area contributed by atoms with Crippen molar-refractivity contribution in [2.24, 2.45) is 0 Å². The molecule has 1 fully saturated rings. The number of piperazine rings is 1. The fraction of sp³-hybridized carbons (Fsp3) is 0.316. The van der Waals surface area contributed by atoms with E-state index in [1.807, 2.05) is 21.9 Å². The Kier molecular flexibility index (Phi) is 6.45. The van der Waals surface area contributed by atoms with Crippen LogP contribution in [0.25, 0.3) is 0 Å². The second-order valence-corrected chi connectivity index (χ2v) is 7.29. The van der Waals surface area contributed by atoms with Crippen LogP contribution < -0.4 is 4.90 Å². The highest BCUT2D eigenvalue weighted by molar-refractivity contribution is 7.99. The van der Waals surface area contributed by atoms with Gasteiger partial charge in [-0.25, -0.2) is 4.98 Å². The maximum absolute atomic E-state index is 12.4. The van der Waals surface area contributed by atoms with E-state index in [1.165, 1.54) is 12.3 Å². The summed E-state index contributed by atoms with van der Waals surface area (Å²) in [4.78, 5) is 30.7. The van der Waals surface area contributed by atoms with Gasteiger partial charge in [-0.1, -0.05) is 12.1 Å². The molecule has 3 rings (SSSR count). The van der Waals surface area contributed by atoms with Crippen LogP contribution in [0.15, 0.2) is 42.6 Å². The van der Waals surface area contributed by atoms with Gasteiger partial charge < -0.3 is 9.80 Å². The first-order chi connectivity index (χ1) is 13.6. The molecule has 1 amide bonds. The summed E-state index contributed by atoms with van der Waals surface area (Å²) in [7, 11) is 0. The maximum atomic E-state index is 12.4. The van der Waals surface area contributed by atoms with Crippen molar-refractivity contribution >= 4 is 29.2 Å². The minimum atomic E-state index is -0.469. The number of benzene rings is 1. The zero-order valence-corrected chi connectivity index (χ0v) is 16.0. The van der Waals surface area contributed by atoms with Gasteiger partial charge in [0.2, 0.25) is 5.91 Å². The summed E-state index contributed by atoms with van der Waals surface area (Å²) < 4.78 is 0. The highest BCUT2D eigenvalue weighted by Crippen LogP contribution is 2.18. The molecule has 0 N–H and O–H groups in total. The van der Waals surface area contributed by atoms with Crippen molar-refractivity contribution in [2.45, 2.75) is 5.75 Å². The van der Waals surface area contributed by atoms with Gasteiger partial charge in [0.1, 0.15) is 12.0 Å². The largest absolute Gasteiger partial charge is 0.353 e. The predicted molar refractivity (Wildman–Crippen MR) is 107 cm³/mol. The lowest BCUT2D eigenvalue weighted by molar-refractivity contribution is -0.385. The molecule has 28 heavy (non-hydrogen) atoms. The number of pyridine rings is 1. The Bertz CT molecular complexity index is 872. The molecule has 0 aliphatic carbocycles. The molecule has 0 saturated carbocycles. The van der Waals surface area contributed by atoms with Gasteiger partial charge in [-0.15, -0.1) is 11.8 Å². The molecule has 1 aromatic heterocycles. The third-order valence-electron chi connectivity index (χ3n) is 4.48. The average Bonchev–Trinajstić information content (AvgIpc) is 2.74. The number of hydrogen-bond acceptors (Lipinski definition) is 7. The summed E-state index contributed by atoms with van der Waals surface area (Å²) in [6, 6.07) is 12.6. The molecule has 8 nitrogen and oxygen atoms in total. The third-order valence-corrected chi connectivity index (χ3v) is 5.47. The number of thioether (sulfide) groups is 1. The van der Waals surface area contributed by atoms with E-state index in [1.54, 1.807) is 30.0 Å². The summed E-state index contributed by atoms with van der Waals surface area (Å²) in [5, 5.41) is 19.5. The van der Waals surface area contributed by atoms with E-state index in [0.29, 0.717) is 43.3 Å². The van der Waals surface area contributed by atoms with Crippen LogP contribution in [-0.4, -0.2) is 52.6 Å². The van der Waals surface area contributed by atoms with Gasteiger partial charge in [-0.2, -0.15) is 5.26 Å². The molecule has 1 aliphatic rings. The number of hydrogen-bond donors (Lipinski definition) is 0. The SMILES string of the molecule is N#Cc1ccc(CSCC(=O)N2CCN(c3ccc([N+](=O)[O-])cn3)CC2)cc1. The van der Waals surface area contributed by atoms with Gasteiger partial charge >= 0.3 is 0 Å². The molecule has 9 heteroatoms. The van der Waals surface area contributed by atoms with Crippen LogP contribution in [0, 0.1) is 21.4 Å². The maximum Gasteiger partial charge on any atom is 0.287 e. The van der Waals surface area contributed by atoms with Gasteiger partial charge in [0.05, 0.1) is 22.3 Å². The molecule has 1 aliphatic heterocycles. The molecular weight excluding hydrogens is 378 g/mol. The van der Waals surface area contributed by atoms with E-state index in [0.717, 1.165) is 11.3 Å². The molecule has 144 valence electrons. The highest BCUT2D eigenvalue weighted by atomic mass is 32.2. The number of anilines is 1. The van der Waals surface area contributed by atoms with E-state index in [9.17, 15) is 14.9 Å². The molecule has 2 heterocycles. The van der Waals surface area contributed by atoms with Gasteiger partial charge in [-0.05, 0) is 23.8 Å². The summed E-state index contributed by atoms with van der Waals surface area (Å²) in [6.07, 6.45) is 1.26. The highest BCUT2D eigenvalue weighted by Gasteiger charge is 2.22. The van der Waals surface area contributed by atoms with Crippen molar-refractivity contribution in [1.29, 1.82) is 5.26 Å². The third kappa shape index (κ3) is 4.98. The van der Waals surface area contributed by atoms with Crippen molar-refractivity contribution < 1.29 is 9.72 Å². The molecule has 0 unspecified atom stereocenters. The minimum Gasteiger partial charge on any atom is -0.353 e. The zero-order valence-electron chi connectivity index (χ0n) is 15.2. The molecule has 0 atom stereocenters. The van der Waals surface area contributed by atoms with Crippen LogP contribution in [-0.2, 0) is 10.5 Å². The number of rotatable bonds is 6. The minimum absolute atomic E-state index is 0.0307. The van der Waals surface area contributed by atoms with E-state index in [2.05, 4.69) is 11.1 Å². The fourth-order valence-corrected chi connectivity index (χ4v) is 3.77. The van der Waals surface area contributed by atoms with Crippen LogP contribution in [0.1, 0.15) is 11.1 Å². The van der Waals surface area contributed by atoms with Crippen LogP contribution in [0.4, 0.5) is 11.5 Å². The number of carbonyl (C=O) groups excluding carboxylic acids is 1. The lowest BCUT2D eigenvalue weighted by Gasteiger charge is -2.35. The Morgan fingerprint density at radius 3 is 2.46 bits per heavy atom. The number of nitro groups is 1. The van der Waals surface area contributed by atoms with Crippen molar-refractivity contribution in [1.82, 2.24) is 9.88 Å². The van der Waals surface area contributed by atoms with Gasteiger partial charge in [-0.3, -0.25) is 14.9 Å². The Hall–Kier alpha value is -3.12. The molecule has 1 aromatic carbocycles. The fourth-order valence-electron chi connectivity index (χ4n) is 2.88. The average molecular weight is 397 g/mol. The summed E-state index contributed by atoms with van der Waals surface area (Å²) >= 11 is 1.56. The van der Waals surface area contributed by atoms with Crippen molar-refractivity contribution in [3.8, 4) is 6.07 Å². The summed E-state index contributed by atoms with van der Waals surface area (Å²) in [6.45, 7) is 2.51. The lowest BCUT2D eigenvalue weighted by atomic mass is 10.2. The molecule has 1 saturated heterocycles. The van der Waals surface area contributed by atoms with E-state index in [4.69, 9.17) is 5.26 Å². The number of carbonyl (C=O) groups is 1. The molecule has 0 bridgehead atoms. The van der Waals surface area contributed by atoms with Crippen LogP contribution in [0.5, 0.6) is 0 Å². The quantitative estimate of drug-likeness (QED) is 0.545. The first kappa shape index (κ1) is 19.6. The molecule has 0 radical (unpaired) electrons. The second kappa shape index (κ2) is 9.19. The number of nitriles is 1. The topological polar surface area (TPSA) is 103 Å². The van der Waals surface area contributed by atoms with Crippen molar-refractivity contribution in [3.05, 3.63) is 63.8 Å². The van der Waals surface area contributed by atoms with Crippen LogP contribution in [0.2, 0.25) is 0 Å². The van der Waals surface area contributed by atoms with Crippen LogP contribution in [0.3, 0.4) is 0 Å². The normalized spacial score (nSPS) is 13.8. The second-order valence-electron chi connectivity index (χ2n) is 6.30. The van der Waals surface area contributed by atoms with Crippen molar-refractivity contribution in [3.63, 3.8) is 0 Å². The monoisotopic (exact) mass is 397 g/mol. The Morgan fingerprint density at radius 2 is 1.89 bits per heavy atom. The predicted octanol–water partition coefficient (Wildman–Crippen LogP) is 2.44. The van der Waals surface area contributed by atoms with Crippen molar-refractivity contribution in [2.75, 3.05) is 36.8 Å². The Morgan fingerprint density at radius 1 is 1.18 bits per heavy atom. The van der Waals surface area contributed by atoms with Gasteiger partial charge in [0, 0.05) is 38.0 Å². The summed E-state index contributed by atoms with van der Waals surface area (Å²) in [5.41, 5.74) is 1.69. The zero-order chi connectivity index (χ0) is 19.9. The molecule has 2 aromatic rings. The molecular formula is C19H19N5O3S. The van der Waals surface area contributed by atoms with E-state index >= 15 is 0 Å². The van der Waals surface area contributed by atoms with Crippen LogP contribution >= 0.6 is 11.8 Å².